The molecule has 1 atom stereocenters. The van der Waals surface area contributed by atoms with E-state index < -0.39 is 16.1 Å². The molecule has 0 radical (unpaired) electrons. The molecule has 1 unspecified atom stereocenters. The number of carboxylic acid groups (broad SMARTS) is 1. The number of rotatable bonds is 4. The summed E-state index contributed by atoms with van der Waals surface area (Å²) in [6.45, 7) is 1.84. The van der Waals surface area contributed by atoms with Crippen LogP contribution in [0.1, 0.15) is 30.9 Å². The van der Waals surface area contributed by atoms with Crippen molar-refractivity contribution in [3.05, 3.63) is 30.2 Å². The molecule has 0 aliphatic carbocycles. The van der Waals surface area contributed by atoms with Crippen molar-refractivity contribution in [2.24, 2.45) is 0 Å². The van der Waals surface area contributed by atoms with Gasteiger partial charge in [0, 0.05) is 37.0 Å². The fourth-order valence-electron chi connectivity index (χ4n) is 4.09. The highest BCUT2D eigenvalue weighted by molar-refractivity contribution is 7.88. The maximum atomic E-state index is 11.7. The van der Waals surface area contributed by atoms with E-state index in [9.17, 15) is 13.2 Å². The van der Waals surface area contributed by atoms with E-state index >= 15 is 0 Å². The molecule has 0 spiro atoms. The Labute approximate surface area is 169 Å². The number of carbonyl (C=O) groups is 1. The van der Waals surface area contributed by atoms with Crippen molar-refractivity contribution >= 4 is 27.0 Å². The van der Waals surface area contributed by atoms with Gasteiger partial charge >= 0.3 is 6.09 Å². The van der Waals surface area contributed by atoms with Crippen LogP contribution in [-0.4, -0.2) is 77.3 Å². The lowest BCUT2D eigenvalue weighted by atomic mass is 9.91. The quantitative estimate of drug-likeness (QED) is 0.804. The molecule has 156 valence electrons. The first-order chi connectivity index (χ1) is 13.8. The number of nitrogens with zero attached hydrogens (tertiary/aromatic N) is 4. The molecule has 3 heterocycles. The largest absolute Gasteiger partial charge is 0.489 e. The number of amides is 1. The zero-order valence-electron chi connectivity index (χ0n) is 16.2. The van der Waals surface area contributed by atoms with Gasteiger partial charge in [-0.15, -0.1) is 0 Å². The number of hydrogen-bond acceptors (Lipinski definition) is 6. The van der Waals surface area contributed by atoms with E-state index in [1.165, 1.54) is 21.8 Å². The van der Waals surface area contributed by atoms with E-state index in [2.05, 4.69) is 9.97 Å². The Morgan fingerprint density at radius 3 is 2.59 bits per heavy atom. The number of likely N-dealkylation sites (tertiary alicyclic amines) is 1. The molecule has 2 aliphatic rings. The third-order valence-electron chi connectivity index (χ3n) is 5.67. The summed E-state index contributed by atoms with van der Waals surface area (Å²) in [6, 6.07) is 5.66. The second-order valence-corrected chi connectivity index (χ2v) is 9.61. The van der Waals surface area contributed by atoms with Crippen LogP contribution in [0.15, 0.2) is 24.5 Å². The van der Waals surface area contributed by atoms with E-state index in [4.69, 9.17) is 9.84 Å². The van der Waals surface area contributed by atoms with Crippen molar-refractivity contribution in [1.29, 1.82) is 0 Å². The molecule has 10 heteroatoms. The van der Waals surface area contributed by atoms with Crippen LogP contribution >= 0.6 is 0 Å². The van der Waals surface area contributed by atoms with Crippen LogP contribution in [0.4, 0.5) is 4.79 Å². The molecule has 1 aromatic heterocycles. The SMILES string of the molecule is CS(=O)(=O)N1CCC(Oc2ccc3c(C4CCN(C(=O)O)CC4)ncnc3c2)C1. The summed E-state index contributed by atoms with van der Waals surface area (Å²) >= 11 is 0. The van der Waals surface area contributed by atoms with Crippen molar-refractivity contribution in [3.8, 4) is 5.75 Å². The number of aromatic nitrogens is 2. The van der Waals surface area contributed by atoms with E-state index in [0.717, 1.165) is 29.4 Å². The minimum atomic E-state index is -3.20. The maximum absolute atomic E-state index is 11.7. The highest BCUT2D eigenvalue weighted by atomic mass is 32.2. The molecule has 1 amide bonds. The van der Waals surface area contributed by atoms with Gasteiger partial charge in [0.25, 0.3) is 0 Å². The average Bonchev–Trinajstić information content (AvgIpc) is 3.16. The molecule has 2 aromatic rings. The van der Waals surface area contributed by atoms with Crippen LogP contribution in [0, 0.1) is 0 Å². The highest BCUT2D eigenvalue weighted by Crippen LogP contribution is 2.32. The molecular formula is C19H24N4O5S. The zero-order valence-corrected chi connectivity index (χ0v) is 17.0. The maximum Gasteiger partial charge on any atom is 0.407 e. The van der Waals surface area contributed by atoms with Crippen molar-refractivity contribution in [1.82, 2.24) is 19.2 Å². The van der Waals surface area contributed by atoms with Crippen LogP contribution in [-0.2, 0) is 10.0 Å². The van der Waals surface area contributed by atoms with Gasteiger partial charge in [-0.2, -0.15) is 4.31 Å². The van der Waals surface area contributed by atoms with E-state index in [0.29, 0.717) is 38.3 Å². The second-order valence-electron chi connectivity index (χ2n) is 7.63. The summed E-state index contributed by atoms with van der Waals surface area (Å²) in [4.78, 5) is 21.4. The second kappa shape index (κ2) is 7.75. The number of piperidine rings is 1. The number of hydrogen-bond donors (Lipinski definition) is 1. The Morgan fingerprint density at radius 2 is 1.93 bits per heavy atom. The van der Waals surface area contributed by atoms with E-state index in [1.54, 1.807) is 0 Å². The number of benzene rings is 1. The minimum Gasteiger partial charge on any atom is -0.489 e. The van der Waals surface area contributed by atoms with Gasteiger partial charge in [-0.05, 0) is 31.4 Å². The Kier molecular flexibility index (Phi) is 5.30. The van der Waals surface area contributed by atoms with Gasteiger partial charge in [0.1, 0.15) is 18.2 Å². The molecule has 9 nitrogen and oxygen atoms in total. The lowest BCUT2D eigenvalue weighted by Crippen LogP contribution is -2.37. The number of sulfonamides is 1. The summed E-state index contributed by atoms with van der Waals surface area (Å²) in [5.74, 6) is 0.851. The summed E-state index contributed by atoms with van der Waals surface area (Å²) in [5, 5.41) is 10.1. The molecule has 0 bridgehead atoms. The van der Waals surface area contributed by atoms with Gasteiger partial charge in [0.2, 0.25) is 10.0 Å². The lowest BCUT2D eigenvalue weighted by molar-refractivity contribution is 0.132. The molecule has 0 saturated carbocycles. The summed E-state index contributed by atoms with van der Waals surface area (Å²) in [5.41, 5.74) is 1.71. The summed E-state index contributed by atoms with van der Waals surface area (Å²) in [6.07, 6.45) is 3.82. The van der Waals surface area contributed by atoms with Crippen LogP contribution < -0.4 is 4.74 Å². The van der Waals surface area contributed by atoms with Crippen molar-refractivity contribution in [2.45, 2.75) is 31.3 Å². The summed E-state index contributed by atoms with van der Waals surface area (Å²) < 4.78 is 30.8. The van der Waals surface area contributed by atoms with Crippen molar-refractivity contribution in [3.63, 3.8) is 0 Å². The molecule has 2 aliphatic heterocycles. The number of fused-ring (bicyclic) bond motifs is 1. The van der Waals surface area contributed by atoms with E-state index in [-0.39, 0.29) is 12.0 Å². The predicted octanol–water partition coefficient (Wildman–Crippen LogP) is 1.90. The predicted molar refractivity (Wildman–Crippen MR) is 107 cm³/mol. The molecule has 4 rings (SSSR count). The van der Waals surface area contributed by atoms with E-state index in [1.807, 2.05) is 18.2 Å². The van der Waals surface area contributed by atoms with Gasteiger partial charge in [-0.1, -0.05) is 0 Å². The van der Waals surface area contributed by atoms with Crippen molar-refractivity contribution in [2.75, 3.05) is 32.4 Å². The first-order valence-electron chi connectivity index (χ1n) is 9.65. The molecule has 2 saturated heterocycles. The Hall–Kier alpha value is -2.46. The molecule has 1 N–H and O–H groups in total. The summed E-state index contributed by atoms with van der Waals surface area (Å²) in [7, 11) is -3.20. The Morgan fingerprint density at radius 1 is 1.17 bits per heavy atom. The molecule has 2 fully saturated rings. The zero-order chi connectivity index (χ0) is 20.6. The first kappa shape index (κ1) is 19.8. The Balaban J connectivity index is 1.49. The van der Waals surface area contributed by atoms with Gasteiger partial charge in [0.15, 0.2) is 0 Å². The molecule has 1 aromatic carbocycles. The fourth-order valence-corrected chi connectivity index (χ4v) is 4.96. The van der Waals surface area contributed by atoms with Crippen LogP contribution in [0.25, 0.3) is 10.9 Å². The Bertz CT molecular complexity index is 1020. The lowest BCUT2D eigenvalue weighted by Gasteiger charge is -2.30. The monoisotopic (exact) mass is 420 g/mol. The van der Waals surface area contributed by atoms with Crippen molar-refractivity contribution < 1.29 is 23.1 Å². The van der Waals surface area contributed by atoms with Crippen LogP contribution in [0.2, 0.25) is 0 Å². The van der Waals surface area contributed by atoms with Crippen LogP contribution in [0.5, 0.6) is 5.75 Å². The van der Waals surface area contributed by atoms with Gasteiger partial charge in [-0.3, -0.25) is 0 Å². The standard InChI is InChI=1S/C19H24N4O5S/c1-29(26,27)23-9-6-15(11-23)28-14-2-3-16-17(10-14)20-12-21-18(16)13-4-7-22(8-5-13)19(24)25/h2-3,10,12-13,15H,4-9,11H2,1H3,(H,24,25). The van der Waals surface area contributed by atoms with Gasteiger partial charge < -0.3 is 14.7 Å². The minimum absolute atomic E-state index is 0.177. The molecule has 29 heavy (non-hydrogen) atoms. The average molecular weight is 420 g/mol. The third kappa shape index (κ3) is 4.27. The smallest absolute Gasteiger partial charge is 0.407 e. The van der Waals surface area contributed by atoms with Gasteiger partial charge in [-0.25, -0.2) is 23.2 Å². The third-order valence-corrected chi connectivity index (χ3v) is 6.94. The normalized spacial score (nSPS) is 21.6. The highest BCUT2D eigenvalue weighted by Gasteiger charge is 2.30. The topological polar surface area (TPSA) is 113 Å². The first-order valence-corrected chi connectivity index (χ1v) is 11.5. The molecular weight excluding hydrogens is 396 g/mol. The number of ether oxygens (including phenoxy) is 1. The van der Waals surface area contributed by atoms with Crippen LogP contribution in [0.3, 0.4) is 0 Å². The van der Waals surface area contributed by atoms with Gasteiger partial charge in [0.05, 0.1) is 24.0 Å². The fraction of sp³-hybridized carbons (Fsp3) is 0.526.